The Morgan fingerprint density at radius 1 is 1.33 bits per heavy atom. The summed E-state index contributed by atoms with van der Waals surface area (Å²) in [6.07, 6.45) is 3.53. The number of thiazole rings is 1. The quantitative estimate of drug-likeness (QED) is 0.886. The molecule has 0 radical (unpaired) electrons. The molecule has 0 saturated heterocycles. The Balaban J connectivity index is 1.64. The van der Waals surface area contributed by atoms with Gasteiger partial charge in [-0.3, -0.25) is 0 Å². The first kappa shape index (κ1) is 14.5. The van der Waals surface area contributed by atoms with E-state index >= 15 is 0 Å². The van der Waals surface area contributed by atoms with Crippen molar-refractivity contribution in [3.63, 3.8) is 0 Å². The first-order chi connectivity index (χ1) is 10.1. The zero-order chi connectivity index (χ0) is 14.8. The second kappa shape index (κ2) is 6.16. The van der Waals surface area contributed by atoms with Crippen LogP contribution in [0.5, 0.6) is 0 Å². The zero-order valence-corrected chi connectivity index (χ0v) is 13.5. The highest BCUT2D eigenvalue weighted by molar-refractivity contribution is 7.13. The SMILES string of the molecule is CC(C1CC1)N(C)c1nc(CC(N)c2ccccc2)cs1. The number of nitrogens with two attached hydrogens (primary N) is 1. The van der Waals surface area contributed by atoms with Gasteiger partial charge < -0.3 is 10.6 Å². The summed E-state index contributed by atoms with van der Waals surface area (Å²) in [5.74, 6) is 0.855. The van der Waals surface area contributed by atoms with Crippen LogP contribution in [-0.4, -0.2) is 18.1 Å². The third-order valence-corrected chi connectivity index (χ3v) is 5.39. The van der Waals surface area contributed by atoms with Gasteiger partial charge in [0.1, 0.15) is 0 Å². The average molecular weight is 301 g/mol. The van der Waals surface area contributed by atoms with Crippen LogP contribution in [0, 0.1) is 5.92 Å². The number of nitrogens with zero attached hydrogens (tertiary/aromatic N) is 2. The molecule has 112 valence electrons. The normalized spacial score (nSPS) is 17.5. The van der Waals surface area contributed by atoms with Crippen molar-refractivity contribution in [2.45, 2.75) is 38.3 Å². The molecule has 1 fully saturated rings. The van der Waals surface area contributed by atoms with Crippen LogP contribution in [0.2, 0.25) is 0 Å². The van der Waals surface area contributed by atoms with E-state index in [1.165, 1.54) is 18.4 Å². The highest BCUT2D eigenvalue weighted by atomic mass is 32.1. The third-order valence-electron chi connectivity index (χ3n) is 4.41. The number of anilines is 1. The van der Waals surface area contributed by atoms with Crippen LogP contribution in [0.3, 0.4) is 0 Å². The van der Waals surface area contributed by atoms with Crippen molar-refractivity contribution >= 4 is 16.5 Å². The molecule has 1 heterocycles. The fourth-order valence-corrected chi connectivity index (χ4v) is 3.56. The summed E-state index contributed by atoms with van der Waals surface area (Å²) in [6.45, 7) is 2.30. The summed E-state index contributed by atoms with van der Waals surface area (Å²) in [7, 11) is 2.16. The Bertz CT molecular complexity index is 577. The van der Waals surface area contributed by atoms with Crippen molar-refractivity contribution in [1.29, 1.82) is 0 Å². The maximum absolute atomic E-state index is 6.28. The molecule has 4 heteroatoms. The molecule has 1 aromatic carbocycles. The zero-order valence-electron chi connectivity index (χ0n) is 12.7. The Hall–Kier alpha value is -1.39. The van der Waals surface area contributed by atoms with Gasteiger partial charge in [0.05, 0.1) is 5.69 Å². The Labute approximate surface area is 130 Å². The van der Waals surface area contributed by atoms with E-state index in [-0.39, 0.29) is 6.04 Å². The summed E-state index contributed by atoms with van der Waals surface area (Å²) in [4.78, 5) is 7.09. The van der Waals surface area contributed by atoms with Gasteiger partial charge >= 0.3 is 0 Å². The summed E-state index contributed by atoms with van der Waals surface area (Å²) >= 11 is 1.73. The van der Waals surface area contributed by atoms with Gasteiger partial charge in [-0.25, -0.2) is 4.98 Å². The lowest BCUT2D eigenvalue weighted by Crippen LogP contribution is -2.30. The lowest BCUT2D eigenvalue weighted by molar-refractivity contribution is 0.606. The summed E-state index contributed by atoms with van der Waals surface area (Å²) in [5, 5.41) is 3.26. The number of benzene rings is 1. The van der Waals surface area contributed by atoms with E-state index in [9.17, 15) is 0 Å². The van der Waals surface area contributed by atoms with Gasteiger partial charge in [0, 0.05) is 30.9 Å². The second-order valence-corrected chi connectivity index (χ2v) is 6.87. The molecule has 1 aliphatic rings. The monoisotopic (exact) mass is 301 g/mol. The molecule has 2 aromatic rings. The maximum Gasteiger partial charge on any atom is 0.185 e. The molecule has 2 unspecified atom stereocenters. The Morgan fingerprint density at radius 3 is 2.71 bits per heavy atom. The molecule has 21 heavy (non-hydrogen) atoms. The molecule has 1 aliphatic carbocycles. The lowest BCUT2D eigenvalue weighted by atomic mass is 10.0. The van der Waals surface area contributed by atoms with E-state index in [0.29, 0.717) is 6.04 Å². The smallest absolute Gasteiger partial charge is 0.185 e. The molecular weight excluding hydrogens is 278 g/mol. The molecule has 0 aliphatic heterocycles. The van der Waals surface area contributed by atoms with E-state index < -0.39 is 0 Å². The molecule has 0 spiro atoms. The van der Waals surface area contributed by atoms with Crippen molar-refractivity contribution in [3.8, 4) is 0 Å². The van der Waals surface area contributed by atoms with E-state index in [2.05, 4.69) is 36.4 Å². The molecule has 0 amide bonds. The van der Waals surface area contributed by atoms with Crippen molar-refractivity contribution < 1.29 is 0 Å². The maximum atomic E-state index is 6.28. The largest absolute Gasteiger partial charge is 0.348 e. The molecule has 1 saturated carbocycles. The fraction of sp³-hybridized carbons (Fsp3) is 0.471. The topological polar surface area (TPSA) is 42.2 Å². The van der Waals surface area contributed by atoms with E-state index in [0.717, 1.165) is 23.2 Å². The van der Waals surface area contributed by atoms with Gasteiger partial charge in [0.2, 0.25) is 0 Å². The van der Waals surface area contributed by atoms with Crippen LogP contribution in [0.4, 0.5) is 5.13 Å². The minimum Gasteiger partial charge on any atom is -0.348 e. The van der Waals surface area contributed by atoms with Gasteiger partial charge in [-0.1, -0.05) is 30.3 Å². The average Bonchev–Trinajstić information content (AvgIpc) is 3.26. The van der Waals surface area contributed by atoms with Crippen LogP contribution in [-0.2, 0) is 6.42 Å². The first-order valence-electron chi connectivity index (χ1n) is 7.63. The van der Waals surface area contributed by atoms with Crippen LogP contribution >= 0.6 is 11.3 Å². The van der Waals surface area contributed by atoms with Gasteiger partial charge in [0.15, 0.2) is 5.13 Å². The molecule has 2 N–H and O–H groups in total. The molecule has 0 bridgehead atoms. The van der Waals surface area contributed by atoms with Crippen LogP contribution in [0.25, 0.3) is 0 Å². The van der Waals surface area contributed by atoms with E-state index in [1.54, 1.807) is 11.3 Å². The van der Waals surface area contributed by atoms with Crippen molar-refractivity contribution in [1.82, 2.24) is 4.98 Å². The minimum atomic E-state index is 0.0207. The predicted octanol–water partition coefficient (Wildman–Crippen LogP) is 3.62. The van der Waals surface area contributed by atoms with Gasteiger partial charge in [0.25, 0.3) is 0 Å². The highest BCUT2D eigenvalue weighted by Gasteiger charge is 2.31. The van der Waals surface area contributed by atoms with Crippen molar-refractivity contribution in [3.05, 3.63) is 47.0 Å². The number of hydrogen-bond acceptors (Lipinski definition) is 4. The minimum absolute atomic E-state index is 0.0207. The standard InChI is InChI=1S/C17H23N3S/c1-12(13-8-9-13)20(2)17-19-15(11-21-17)10-16(18)14-6-4-3-5-7-14/h3-7,11-13,16H,8-10,18H2,1-2H3. The molecule has 1 aromatic heterocycles. The Morgan fingerprint density at radius 2 is 2.05 bits per heavy atom. The summed E-state index contributed by atoms with van der Waals surface area (Å²) < 4.78 is 0. The predicted molar refractivity (Wildman–Crippen MR) is 89.8 cm³/mol. The lowest BCUT2D eigenvalue weighted by Gasteiger charge is -2.23. The second-order valence-electron chi connectivity index (χ2n) is 6.03. The molecule has 3 rings (SSSR count). The molecular formula is C17H23N3S. The van der Waals surface area contributed by atoms with Crippen LogP contribution < -0.4 is 10.6 Å². The van der Waals surface area contributed by atoms with Crippen molar-refractivity contribution in [2.75, 3.05) is 11.9 Å². The molecule has 3 nitrogen and oxygen atoms in total. The number of aromatic nitrogens is 1. The van der Waals surface area contributed by atoms with Crippen LogP contribution in [0.1, 0.15) is 37.1 Å². The van der Waals surface area contributed by atoms with E-state index in [4.69, 9.17) is 10.7 Å². The van der Waals surface area contributed by atoms with Gasteiger partial charge in [-0.05, 0) is 31.2 Å². The highest BCUT2D eigenvalue weighted by Crippen LogP contribution is 2.37. The number of rotatable bonds is 6. The number of hydrogen-bond donors (Lipinski definition) is 1. The van der Waals surface area contributed by atoms with Crippen molar-refractivity contribution in [2.24, 2.45) is 11.7 Å². The van der Waals surface area contributed by atoms with Gasteiger partial charge in [-0.15, -0.1) is 11.3 Å². The third kappa shape index (κ3) is 3.44. The molecule has 2 atom stereocenters. The fourth-order valence-electron chi connectivity index (χ4n) is 2.66. The van der Waals surface area contributed by atoms with Gasteiger partial charge in [-0.2, -0.15) is 0 Å². The summed E-state index contributed by atoms with van der Waals surface area (Å²) in [5.41, 5.74) is 8.55. The van der Waals surface area contributed by atoms with E-state index in [1.807, 2.05) is 18.2 Å². The first-order valence-corrected chi connectivity index (χ1v) is 8.51. The summed E-state index contributed by atoms with van der Waals surface area (Å²) in [6, 6.07) is 10.9. The Kier molecular flexibility index (Phi) is 4.27. The van der Waals surface area contributed by atoms with Crippen LogP contribution in [0.15, 0.2) is 35.7 Å².